The van der Waals surface area contributed by atoms with Crippen molar-refractivity contribution in [3.8, 4) is 0 Å². The van der Waals surface area contributed by atoms with Crippen molar-refractivity contribution in [3.63, 3.8) is 0 Å². The highest BCUT2D eigenvalue weighted by Gasteiger charge is 2.18. The lowest BCUT2D eigenvalue weighted by Crippen LogP contribution is -2.23. The second-order valence-corrected chi connectivity index (χ2v) is 5.98. The SMILES string of the molecule is Cn1ncc(NC(c2cccc(F)c2)c2ccccn2)c(Br)c1=O. The number of nitrogens with zero attached hydrogens (tertiary/aromatic N) is 3. The van der Waals surface area contributed by atoms with Crippen LogP contribution >= 0.6 is 15.9 Å². The maximum Gasteiger partial charge on any atom is 0.282 e. The standard InChI is InChI=1S/C17H14BrFN4O/c1-23-17(24)15(18)14(10-21-23)22-16(13-7-2-3-8-20-13)11-5-4-6-12(19)9-11/h2-10,16,22H,1H3. The van der Waals surface area contributed by atoms with Gasteiger partial charge in [0.25, 0.3) is 5.56 Å². The molecule has 7 heteroatoms. The van der Waals surface area contributed by atoms with Crippen molar-refractivity contribution in [3.05, 3.63) is 86.8 Å². The molecule has 2 heterocycles. The van der Waals surface area contributed by atoms with Crippen LogP contribution in [0.4, 0.5) is 10.1 Å². The van der Waals surface area contributed by atoms with Gasteiger partial charge in [0.05, 0.1) is 23.6 Å². The Hall–Kier alpha value is -2.54. The van der Waals surface area contributed by atoms with Gasteiger partial charge in [0.2, 0.25) is 0 Å². The van der Waals surface area contributed by atoms with Crippen LogP contribution in [0.1, 0.15) is 17.3 Å². The molecule has 0 bridgehead atoms. The molecule has 2 aromatic heterocycles. The van der Waals surface area contributed by atoms with Crippen LogP contribution < -0.4 is 10.9 Å². The predicted octanol–water partition coefficient (Wildman–Crippen LogP) is 3.28. The minimum atomic E-state index is -0.424. The summed E-state index contributed by atoms with van der Waals surface area (Å²) in [7, 11) is 1.57. The first-order chi connectivity index (χ1) is 11.6. The molecule has 1 aromatic carbocycles. The summed E-state index contributed by atoms with van der Waals surface area (Å²) in [5.74, 6) is -0.337. The van der Waals surface area contributed by atoms with E-state index in [1.165, 1.54) is 16.8 Å². The summed E-state index contributed by atoms with van der Waals surface area (Å²) in [4.78, 5) is 16.4. The fourth-order valence-electron chi connectivity index (χ4n) is 2.33. The van der Waals surface area contributed by atoms with Gasteiger partial charge in [-0.2, -0.15) is 5.10 Å². The van der Waals surface area contributed by atoms with Gasteiger partial charge in [0.1, 0.15) is 10.3 Å². The van der Waals surface area contributed by atoms with E-state index in [4.69, 9.17) is 0 Å². The van der Waals surface area contributed by atoms with E-state index >= 15 is 0 Å². The molecule has 3 aromatic rings. The molecule has 24 heavy (non-hydrogen) atoms. The lowest BCUT2D eigenvalue weighted by atomic mass is 10.0. The number of anilines is 1. The van der Waals surface area contributed by atoms with Crippen molar-refractivity contribution in [1.29, 1.82) is 0 Å². The molecule has 3 rings (SSSR count). The second kappa shape index (κ2) is 6.92. The molecule has 1 N–H and O–H groups in total. The minimum Gasteiger partial charge on any atom is -0.370 e. The van der Waals surface area contributed by atoms with Gasteiger partial charge >= 0.3 is 0 Å². The molecular formula is C17H14BrFN4O. The Bertz CT molecular complexity index is 914. The van der Waals surface area contributed by atoms with E-state index < -0.39 is 6.04 Å². The van der Waals surface area contributed by atoms with Gasteiger partial charge < -0.3 is 5.32 Å². The summed E-state index contributed by atoms with van der Waals surface area (Å²) in [5.41, 5.74) is 1.65. The maximum atomic E-state index is 13.7. The van der Waals surface area contributed by atoms with Crippen LogP contribution in [0.3, 0.4) is 0 Å². The normalized spacial score (nSPS) is 12.0. The molecule has 0 amide bonds. The molecule has 1 unspecified atom stereocenters. The molecule has 0 saturated carbocycles. The third-order valence-electron chi connectivity index (χ3n) is 3.54. The van der Waals surface area contributed by atoms with Gasteiger partial charge in [-0.3, -0.25) is 9.78 Å². The maximum absolute atomic E-state index is 13.7. The number of benzene rings is 1. The Kier molecular flexibility index (Phi) is 4.71. The highest BCUT2D eigenvalue weighted by atomic mass is 79.9. The van der Waals surface area contributed by atoms with Crippen molar-refractivity contribution in [1.82, 2.24) is 14.8 Å². The molecule has 0 radical (unpaired) electrons. The van der Waals surface area contributed by atoms with Gasteiger partial charge in [-0.25, -0.2) is 9.07 Å². The average molecular weight is 389 g/mol. The van der Waals surface area contributed by atoms with E-state index in [0.29, 0.717) is 21.4 Å². The van der Waals surface area contributed by atoms with E-state index in [9.17, 15) is 9.18 Å². The van der Waals surface area contributed by atoms with Gasteiger partial charge in [0, 0.05) is 13.2 Å². The molecule has 122 valence electrons. The number of nitrogens with one attached hydrogen (secondary N) is 1. The molecule has 0 saturated heterocycles. The smallest absolute Gasteiger partial charge is 0.282 e. The summed E-state index contributed by atoms with van der Waals surface area (Å²) in [6.45, 7) is 0. The van der Waals surface area contributed by atoms with E-state index in [-0.39, 0.29) is 11.4 Å². The number of aromatic nitrogens is 3. The van der Waals surface area contributed by atoms with Gasteiger partial charge in [-0.05, 0) is 45.8 Å². The summed E-state index contributed by atoms with van der Waals surface area (Å²) in [5, 5.41) is 7.24. The molecule has 1 atom stereocenters. The molecule has 0 aliphatic rings. The zero-order valence-electron chi connectivity index (χ0n) is 12.8. The number of rotatable bonds is 4. The second-order valence-electron chi connectivity index (χ2n) is 5.19. The average Bonchev–Trinajstić information content (AvgIpc) is 2.60. The first kappa shape index (κ1) is 16.3. The lowest BCUT2D eigenvalue weighted by Gasteiger charge is -2.20. The Morgan fingerprint density at radius 3 is 2.79 bits per heavy atom. The highest BCUT2D eigenvalue weighted by molar-refractivity contribution is 9.10. The van der Waals surface area contributed by atoms with Crippen molar-refractivity contribution in [2.75, 3.05) is 5.32 Å². The van der Waals surface area contributed by atoms with Crippen LogP contribution in [0.2, 0.25) is 0 Å². The first-order valence-corrected chi connectivity index (χ1v) is 8.00. The Balaban J connectivity index is 2.06. The van der Waals surface area contributed by atoms with Crippen molar-refractivity contribution in [2.45, 2.75) is 6.04 Å². The third kappa shape index (κ3) is 3.35. The number of aryl methyl sites for hydroxylation is 1. The highest BCUT2D eigenvalue weighted by Crippen LogP contribution is 2.28. The molecule has 0 aliphatic carbocycles. The van der Waals surface area contributed by atoms with Crippen LogP contribution in [0.25, 0.3) is 0 Å². The summed E-state index contributed by atoms with van der Waals surface area (Å²) >= 11 is 3.29. The van der Waals surface area contributed by atoms with Gasteiger partial charge in [-0.1, -0.05) is 18.2 Å². The monoisotopic (exact) mass is 388 g/mol. The Morgan fingerprint density at radius 2 is 2.08 bits per heavy atom. The predicted molar refractivity (Wildman–Crippen MR) is 93.3 cm³/mol. The minimum absolute atomic E-state index is 0.265. The van der Waals surface area contributed by atoms with Crippen LogP contribution in [0, 0.1) is 5.82 Å². The molecule has 5 nitrogen and oxygen atoms in total. The van der Waals surface area contributed by atoms with Crippen molar-refractivity contribution < 1.29 is 4.39 Å². The summed E-state index contributed by atoms with van der Waals surface area (Å²) in [6, 6.07) is 11.3. The zero-order chi connectivity index (χ0) is 17.1. The van der Waals surface area contributed by atoms with Crippen molar-refractivity contribution >= 4 is 21.6 Å². The van der Waals surface area contributed by atoms with E-state index in [1.54, 1.807) is 31.6 Å². The van der Waals surface area contributed by atoms with E-state index in [1.807, 2.05) is 18.2 Å². The number of hydrogen-bond donors (Lipinski definition) is 1. The molecular weight excluding hydrogens is 375 g/mol. The first-order valence-electron chi connectivity index (χ1n) is 7.21. The summed E-state index contributed by atoms with van der Waals surface area (Å²) in [6.07, 6.45) is 3.21. The molecule has 0 fully saturated rings. The fraction of sp³-hybridized carbons (Fsp3) is 0.118. The number of hydrogen-bond acceptors (Lipinski definition) is 4. The fourth-order valence-corrected chi connectivity index (χ4v) is 2.80. The zero-order valence-corrected chi connectivity index (χ0v) is 14.4. The van der Waals surface area contributed by atoms with Gasteiger partial charge in [-0.15, -0.1) is 0 Å². The number of halogens is 2. The largest absolute Gasteiger partial charge is 0.370 e. The van der Waals surface area contributed by atoms with Crippen LogP contribution in [0.15, 0.2) is 64.1 Å². The van der Waals surface area contributed by atoms with Crippen molar-refractivity contribution in [2.24, 2.45) is 7.05 Å². The Labute approximate surface area is 146 Å². The van der Waals surface area contributed by atoms with E-state index in [0.717, 1.165) is 0 Å². The quantitative estimate of drug-likeness (QED) is 0.744. The van der Waals surface area contributed by atoms with E-state index in [2.05, 4.69) is 31.3 Å². The number of pyridine rings is 1. The molecule has 0 spiro atoms. The van der Waals surface area contributed by atoms with Crippen LogP contribution in [-0.2, 0) is 7.05 Å². The Morgan fingerprint density at radius 1 is 1.25 bits per heavy atom. The van der Waals surface area contributed by atoms with Crippen LogP contribution in [0.5, 0.6) is 0 Å². The van der Waals surface area contributed by atoms with Crippen LogP contribution in [-0.4, -0.2) is 14.8 Å². The van der Waals surface area contributed by atoms with Gasteiger partial charge in [0.15, 0.2) is 0 Å². The topological polar surface area (TPSA) is 59.8 Å². The lowest BCUT2D eigenvalue weighted by molar-refractivity contribution is 0.624. The molecule has 0 aliphatic heterocycles. The summed E-state index contributed by atoms with van der Waals surface area (Å²) < 4.78 is 15.2. The third-order valence-corrected chi connectivity index (χ3v) is 4.31.